The van der Waals surface area contributed by atoms with Gasteiger partial charge in [-0.3, -0.25) is 14.2 Å². The third-order valence-corrected chi connectivity index (χ3v) is 3.91. The van der Waals surface area contributed by atoms with Crippen LogP contribution in [-0.4, -0.2) is 50.3 Å². The van der Waals surface area contributed by atoms with E-state index in [1.54, 1.807) is 0 Å². The molecule has 9 heteroatoms. The third-order valence-electron chi connectivity index (χ3n) is 3.91. The second-order valence-electron chi connectivity index (χ2n) is 5.33. The van der Waals surface area contributed by atoms with Crippen LogP contribution in [0.4, 0.5) is 5.82 Å². The first-order valence-electron chi connectivity index (χ1n) is 7.20. The predicted octanol–water partition coefficient (Wildman–Crippen LogP) is -0.656. The standard InChI is InChI=1S/C13H17N6O3/c1-17-11-9(19(22)13(21)12(17)20)10(15-8-16-11)14-4-7-18-5-2-3-6-18/h8H,2-7H2,1H3,(H,14,15,16)/q-1. The maximum Gasteiger partial charge on any atom is 0.317 e. The maximum absolute atomic E-state index is 12.0. The summed E-state index contributed by atoms with van der Waals surface area (Å²) in [6, 6.07) is 0. The van der Waals surface area contributed by atoms with Gasteiger partial charge in [0.2, 0.25) is 0 Å². The average Bonchev–Trinajstić information content (AvgIpc) is 3.04. The van der Waals surface area contributed by atoms with Crippen LogP contribution in [0.1, 0.15) is 12.8 Å². The Balaban J connectivity index is 1.92. The van der Waals surface area contributed by atoms with Crippen molar-refractivity contribution in [2.45, 2.75) is 12.8 Å². The number of anilines is 1. The minimum absolute atomic E-state index is 0.00368. The van der Waals surface area contributed by atoms with Crippen LogP contribution < -0.4 is 16.4 Å². The monoisotopic (exact) mass is 305 g/mol. The summed E-state index contributed by atoms with van der Waals surface area (Å²) in [5.41, 5.74) is -1.90. The summed E-state index contributed by atoms with van der Waals surface area (Å²) in [5, 5.41) is 15.1. The molecular formula is C13H17N6O3-. The normalized spacial score (nSPS) is 15.5. The summed E-state index contributed by atoms with van der Waals surface area (Å²) in [6.45, 7) is 3.59. The van der Waals surface area contributed by atoms with Crippen molar-refractivity contribution in [2.75, 3.05) is 31.5 Å². The molecule has 0 spiro atoms. The lowest BCUT2D eigenvalue weighted by molar-refractivity contribution is 0.352. The largest absolute Gasteiger partial charge is 0.803 e. The van der Waals surface area contributed by atoms with E-state index in [9.17, 15) is 14.8 Å². The Labute approximate surface area is 125 Å². The fourth-order valence-corrected chi connectivity index (χ4v) is 2.70. The van der Waals surface area contributed by atoms with Gasteiger partial charge >= 0.3 is 11.1 Å². The van der Waals surface area contributed by atoms with Crippen molar-refractivity contribution >= 4 is 17.0 Å². The fourth-order valence-electron chi connectivity index (χ4n) is 2.70. The molecule has 1 aliphatic heterocycles. The van der Waals surface area contributed by atoms with Crippen molar-refractivity contribution in [1.82, 2.24) is 24.2 Å². The van der Waals surface area contributed by atoms with Crippen LogP contribution in [0.3, 0.4) is 0 Å². The van der Waals surface area contributed by atoms with Crippen molar-refractivity contribution in [3.8, 4) is 0 Å². The summed E-state index contributed by atoms with van der Waals surface area (Å²) in [5.74, 6) is 0.270. The molecule has 1 saturated heterocycles. The van der Waals surface area contributed by atoms with Crippen molar-refractivity contribution in [3.05, 3.63) is 32.2 Å². The lowest BCUT2D eigenvalue weighted by atomic mass is 10.4. The number of hydrogen-bond donors (Lipinski definition) is 1. The third kappa shape index (κ3) is 2.43. The quantitative estimate of drug-likeness (QED) is 0.747. The van der Waals surface area contributed by atoms with E-state index in [2.05, 4.69) is 20.2 Å². The van der Waals surface area contributed by atoms with E-state index in [0.29, 0.717) is 6.54 Å². The molecule has 0 radical (unpaired) electrons. The SMILES string of the molecule is Cn1c(=O)c(=O)n([O-])c2c(NCCN3CCCC3)ncnc21. The van der Waals surface area contributed by atoms with E-state index in [1.165, 1.54) is 26.2 Å². The van der Waals surface area contributed by atoms with E-state index in [0.717, 1.165) is 24.2 Å². The van der Waals surface area contributed by atoms with Crippen molar-refractivity contribution in [2.24, 2.45) is 7.05 Å². The Kier molecular flexibility index (Phi) is 3.80. The number of aromatic nitrogens is 4. The molecule has 0 aromatic carbocycles. The molecule has 1 N–H and O–H groups in total. The van der Waals surface area contributed by atoms with Crippen molar-refractivity contribution < 1.29 is 0 Å². The summed E-state index contributed by atoms with van der Waals surface area (Å²) >= 11 is 0. The molecule has 22 heavy (non-hydrogen) atoms. The topological polar surface area (TPSA) is 108 Å². The van der Waals surface area contributed by atoms with Crippen molar-refractivity contribution in [1.29, 1.82) is 0 Å². The number of hydrogen-bond acceptors (Lipinski definition) is 7. The molecule has 3 rings (SSSR count). The highest BCUT2D eigenvalue weighted by molar-refractivity contribution is 5.83. The predicted molar refractivity (Wildman–Crippen MR) is 82.0 cm³/mol. The molecule has 2 aromatic rings. The van der Waals surface area contributed by atoms with E-state index < -0.39 is 11.1 Å². The van der Waals surface area contributed by atoms with Crippen LogP contribution >= 0.6 is 0 Å². The van der Waals surface area contributed by atoms with Crippen molar-refractivity contribution in [3.63, 3.8) is 0 Å². The summed E-state index contributed by atoms with van der Waals surface area (Å²) in [4.78, 5) is 33.6. The van der Waals surface area contributed by atoms with Crippen LogP contribution in [0, 0.1) is 5.21 Å². The van der Waals surface area contributed by atoms with Gasteiger partial charge in [-0.15, -0.1) is 0 Å². The Morgan fingerprint density at radius 1 is 1.23 bits per heavy atom. The van der Waals surface area contributed by atoms with E-state index in [4.69, 9.17) is 0 Å². The zero-order valence-corrected chi connectivity index (χ0v) is 12.3. The Morgan fingerprint density at radius 3 is 2.68 bits per heavy atom. The van der Waals surface area contributed by atoms with Gasteiger partial charge in [0.15, 0.2) is 11.5 Å². The number of nitrogens with one attached hydrogen (secondary N) is 1. The summed E-state index contributed by atoms with van der Waals surface area (Å²) in [7, 11) is 1.41. The first-order valence-corrected chi connectivity index (χ1v) is 7.20. The summed E-state index contributed by atoms with van der Waals surface area (Å²) < 4.78 is 1.13. The molecule has 0 unspecified atom stereocenters. The number of fused-ring (bicyclic) bond motifs is 1. The Hall–Kier alpha value is -2.42. The van der Waals surface area contributed by atoms with Crippen LogP contribution in [-0.2, 0) is 7.05 Å². The first kappa shape index (κ1) is 14.5. The van der Waals surface area contributed by atoms with E-state index in [1.807, 2.05) is 0 Å². The Bertz CT molecular complexity index is 806. The maximum atomic E-state index is 12.0. The Morgan fingerprint density at radius 2 is 1.95 bits per heavy atom. The highest BCUT2D eigenvalue weighted by Gasteiger charge is 2.14. The number of aryl methyl sites for hydroxylation is 1. The fraction of sp³-hybridized carbons (Fsp3) is 0.538. The highest BCUT2D eigenvalue weighted by atomic mass is 16.5. The van der Waals surface area contributed by atoms with Gasteiger partial charge in [-0.25, -0.2) is 9.97 Å². The van der Waals surface area contributed by atoms with Gasteiger partial charge in [-0.05, 0) is 25.9 Å². The van der Waals surface area contributed by atoms with Crippen LogP contribution in [0.5, 0.6) is 0 Å². The molecular weight excluding hydrogens is 288 g/mol. The van der Waals surface area contributed by atoms with Crippen LogP contribution in [0.15, 0.2) is 15.9 Å². The van der Waals surface area contributed by atoms with Gasteiger partial charge < -0.3 is 20.2 Å². The molecule has 1 fully saturated rings. The molecule has 3 heterocycles. The molecule has 0 bridgehead atoms. The number of likely N-dealkylation sites (tertiary alicyclic amines) is 1. The molecule has 118 valence electrons. The minimum atomic E-state index is -1.13. The molecule has 1 aliphatic rings. The zero-order chi connectivity index (χ0) is 15.7. The summed E-state index contributed by atoms with van der Waals surface area (Å²) in [6.07, 6.45) is 3.68. The smallest absolute Gasteiger partial charge is 0.317 e. The van der Waals surface area contributed by atoms with Gasteiger partial charge in [0.05, 0.1) is 0 Å². The lowest BCUT2D eigenvalue weighted by Gasteiger charge is -2.19. The second-order valence-corrected chi connectivity index (χ2v) is 5.33. The van der Waals surface area contributed by atoms with Crippen LogP contribution in [0.25, 0.3) is 11.2 Å². The second kappa shape index (κ2) is 5.76. The van der Waals surface area contributed by atoms with E-state index >= 15 is 0 Å². The minimum Gasteiger partial charge on any atom is -0.803 e. The van der Waals surface area contributed by atoms with Crippen LogP contribution in [0.2, 0.25) is 0 Å². The zero-order valence-electron chi connectivity index (χ0n) is 12.3. The molecule has 0 amide bonds. The van der Waals surface area contributed by atoms with Gasteiger partial charge in [0, 0.05) is 20.1 Å². The molecule has 0 saturated carbocycles. The molecule has 0 aliphatic carbocycles. The number of nitrogens with zero attached hydrogens (tertiary/aromatic N) is 5. The number of rotatable bonds is 4. The molecule has 9 nitrogen and oxygen atoms in total. The lowest BCUT2D eigenvalue weighted by Crippen LogP contribution is -2.39. The van der Waals surface area contributed by atoms with E-state index in [-0.39, 0.29) is 21.7 Å². The highest BCUT2D eigenvalue weighted by Crippen LogP contribution is 2.15. The van der Waals surface area contributed by atoms with Gasteiger partial charge in [0.1, 0.15) is 11.8 Å². The molecule has 2 aromatic heterocycles. The van der Waals surface area contributed by atoms with Gasteiger partial charge in [-0.1, -0.05) is 0 Å². The first-order chi connectivity index (χ1) is 10.6. The molecule has 0 atom stereocenters. The van der Waals surface area contributed by atoms with Gasteiger partial charge in [0.25, 0.3) is 0 Å². The average molecular weight is 305 g/mol. The van der Waals surface area contributed by atoms with Gasteiger partial charge in [-0.2, -0.15) is 0 Å².